The van der Waals surface area contributed by atoms with Crippen molar-refractivity contribution < 1.29 is 4.79 Å². The Balaban J connectivity index is 2.17. The van der Waals surface area contributed by atoms with E-state index in [0.717, 1.165) is 11.4 Å². The molecule has 1 N–H and O–H groups in total. The molecule has 0 aliphatic carbocycles. The molecule has 0 saturated carbocycles. The second kappa shape index (κ2) is 5.84. The van der Waals surface area contributed by atoms with Crippen LogP contribution in [-0.4, -0.2) is 25.0 Å². The predicted molar refractivity (Wildman–Crippen MR) is 80.7 cm³/mol. The summed E-state index contributed by atoms with van der Waals surface area (Å²) in [5.74, 6) is -0.154. The van der Waals surface area contributed by atoms with Gasteiger partial charge in [-0.05, 0) is 46.3 Å². The number of benzene rings is 1. The summed E-state index contributed by atoms with van der Waals surface area (Å²) in [5, 5.41) is 2.87. The third-order valence-electron chi connectivity index (χ3n) is 2.61. The molecular formula is C14H14BrN3O. The zero-order valence-corrected chi connectivity index (χ0v) is 12.3. The van der Waals surface area contributed by atoms with Crippen molar-refractivity contribution in [2.75, 3.05) is 24.3 Å². The molecule has 0 saturated heterocycles. The maximum atomic E-state index is 12.1. The Morgan fingerprint density at radius 1 is 1.26 bits per heavy atom. The second-order valence-corrected chi connectivity index (χ2v) is 5.08. The minimum Gasteiger partial charge on any atom is -0.378 e. The second-order valence-electron chi connectivity index (χ2n) is 4.27. The van der Waals surface area contributed by atoms with Gasteiger partial charge in [0.25, 0.3) is 5.91 Å². The van der Waals surface area contributed by atoms with Gasteiger partial charge in [-0.25, -0.2) is 4.98 Å². The van der Waals surface area contributed by atoms with Crippen molar-refractivity contribution >= 4 is 33.2 Å². The third-order valence-corrected chi connectivity index (χ3v) is 3.04. The van der Waals surface area contributed by atoms with E-state index in [0.29, 0.717) is 10.2 Å². The fourth-order valence-corrected chi connectivity index (χ4v) is 1.97. The molecule has 0 aliphatic heterocycles. The molecule has 2 aromatic rings. The van der Waals surface area contributed by atoms with E-state index in [1.165, 1.54) is 0 Å². The Labute approximate surface area is 120 Å². The molecule has 5 heteroatoms. The molecule has 19 heavy (non-hydrogen) atoms. The number of pyridine rings is 1. The Bertz CT molecular complexity index is 599. The molecule has 4 nitrogen and oxygen atoms in total. The lowest BCUT2D eigenvalue weighted by Crippen LogP contribution is -2.13. The van der Waals surface area contributed by atoms with Crippen LogP contribution < -0.4 is 10.2 Å². The van der Waals surface area contributed by atoms with Crippen molar-refractivity contribution in [2.45, 2.75) is 0 Å². The number of rotatable bonds is 3. The lowest BCUT2D eigenvalue weighted by molar-refractivity contribution is 0.102. The molecule has 1 heterocycles. The van der Waals surface area contributed by atoms with Crippen LogP contribution in [0, 0.1) is 0 Å². The summed E-state index contributed by atoms with van der Waals surface area (Å²) < 4.78 is 0.641. The summed E-state index contributed by atoms with van der Waals surface area (Å²) in [6, 6.07) is 11.0. The number of carbonyl (C=O) groups excluding carboxylic acids is 1. The average molecular weight is 320 g/mol. The number of carbonyl (C=O) groups is 1. The third kappa shape index (κ3) is 3.54. The molecule has 0 fully saturated rings. The van der Waals surface area contributed by atoms with E-state index in [9.17, 15) is 4.79 Å². The van der Waals surface area contributed by atoms with Gasteiger partial charge in [0, 0.05) is 37.2 Å². The molecule has 0 radical (unpaired) electrons. The molecule has 0 spiro atoms. The topological polar surface area (TPSA) is 45.2 Å². The van der Waals surface area contributed by atoms with Gasteiger partial charge in [-0.1, -0.05) is 6.07 Å². The normalized spacial score (nSPS) is 10.1. The van der Waals surface area contributed by atoms with Gasteiger partial charge in [0.1, 0.15) is 4.60 Å². The van der Waals surface area contributed by atoms with Crippen LogP contribution in [0.4, 0.5) is 11.4 Å². The monoisotopic (exact) mass is 319 g/mol. The Morgan fingerprint density at radius 2 is 2.05 bits per heavy atom. The van der Waals surface area contributed by atoms with Gasteiger partial charge in [0.2, 0.25) is 0 Å². The van der Waals surface area contributed by atoms with E-state index in [-0.39, 0.29) is 5.91 Å². The van der Waals surface area contributed by atoms with Crippen LogP contribution in [0.3, 0.4) is 0 Å². The highest BCUT2D eigenvalue weighted by atomic mass is 79.9. The highest BCUT2D eigenvalue weighted by Gasteiger charge is 2.07. The number of anilines is 2. The van der Waals surface area contributed by atoms with E-state index < -0.39 is 0 Å². The smallest absolute Gasteiger partial charge is 0.255 e. The summed E-state index contributed by atoms with van der Waals surface area (Å²) in [7, 11) is 3.92. The number of hydrogen-bond donors (Lipinski definition) is 1. The molecule has 1 amide bonds. The molecule has 1 aromatic heterocycles. The van der Waals surface area contributed by atoms with Gasteiger partial charge in [-0.15, -0.1) is 0 Å². The Morgan fingerprint density at radius 3 is 2.74 bits per heavy atom. The van der Waals surface area contributed by atoms with Gasteiger partial charge in [-0.3, -0.25) is 4.79 Å². The number of amides is 1. The number of hydrogen-bond acceptors (Lipinski definition) is 3. The molecule has 0 aliphatic rings. The Hall–Kier alpha value is -1.88. The summed E-state index contributed by atoms with van der Waals surface area (Å²) in [4.78, 5) is 18.1. The molecular weight excluding hydrogens is 306 g/mol. The number of halogens is 1. The lowest BCUT2D eigenvalue weighted by atomic mass is 10.2. The summed E-state index contributed by atoms with van der Waals surface area (Å²) in [6.45, 7) is 0. The van der Waals surface area contributed by atoms with Crippen molar-refractivity contribution in [3.8, 4) is 0 Å². The van der Waals surface area contributed by atoms with Crippen LogP contribution in [0.5, 0.6) is 0 Å². The van der Waals surface area contributed by atoms with Crippen LogP contribution in [0.25, 0.3) is 0 Å². The molecule has 0 bridgehead atoms. The SMILES string of the molecule is CN(C)c1cccc(NC(=O)c2ccnc(Br)c2)c1. The quantitative estimate of drug-likeness (QED) is 0.884. The molecule has 0 unspecified atom stereocenters. The van der Waals surface area contributed by atoms with Crippen molar-refractivity contribution in [1.29, 1.82) is 0 Å². The van der Waals surface area contributed by atoms with Gasteiger partial charge in [-0.2, -0.15) is 0 Å². The maximum Gasteiger partial charge on any atom is 0.255 e. The van der Waals surface area contributed by atoms with E-state index in [4.69, 9.17) is 0 Å². The van der Waals surface area contributed by atoms with Crippen LogP contribution in [0.2, 0.25) is 0 Å². The average Bonchev–Trinajstić information content (AvgIpc) is 2.39. The van der Waals surface area contributed by atoms with E-state index in [2.05, 4.69) is 26.2 Å². The highest BCUT2D eigenvalue weighted by molar-refractivity contribution is 9.10. The van der Waals surface area contributed by atoms with Crippen molar-refractivity contribution in [3.05, 3.63) is 52.8 Å². The summed E-state index contributed by atoms with van der Waals surface area (Å²) in [5.41, 5.74) is 2.37. The predicted octanol–water partition coefficient (Wildman–Crippen LogP) is 3.16. The number of nitrogens with one attached hydrogen (secondary N) is 1. The summed E-state index contributed by atoms with van der Waals surface area (Å²) >= 11 is 3.25. The molecule has 2 rings (SSSR count). The van der Waals surface area contributed by atoms with Crippen LogP contribution in [0.15, 0.2) is 47.2 Å². The zero-order valence-electron chi connectivity index (χ0n) is 10.7. The molecule has 1 aromatic carbocycles. The standard InChI is InChI=1S/C14H14BrN3O/c1-18(2)12-5-3-4-11(9-12)17-14(19)10-6-7-16-13(15)8-10/h3-9H,1-2H3,(H,17,19). The van der Waals surface area contributed by atoms with Crippen LogP contribution in [0.1, 0.15) is 10.4 Å². The number of nitrogens with zero attached hydrogens (tertiary/aromatic N) is 2. The summed E-state index contributed by atoms with van der Waals surface area (Å²) in [6.07, 6.45) is 1.59. The highest BCUT2D eigenvalue weighted by Crippen LogP contribution is 2.18. The van der Waals surface area contributed by atoms with E-state index in [1.807, 2.05) is 43.3 Å². The minimum atomic E-state index is -0.154. The first-order valence-corrected chi connectivity index (χ1v) is 6.56. The lowest BCUT2D eigenvalue weighted by Gasteiger charge is -2.14. The maximum absolute atomic E-state index is 12.1. The van der Waals surface area contributed by atoms with Gasteiger partial charge < -0.3 is 10.2 Å². The van der Waals surface area contributed by atoms with Crippen molar-refractivity contribution in [1.82, 2.24) is 4.98 Å². The van der Waals surface area contributed by atoms with E-state index >= 15 is 0 Å². The Kier molecular flexibility index (Phi) is 4.16. The minimum absolute atomic E-state index is 0.154. The first-order valence-electron chi connectivity index (χ1n) is 5.76. The number of aromatic nitrogens is 1. The van der Waals surface area contributed by atoms with Crippen molar-refractivity contribution in [3.63, 3.8) is 0 Å². The fraction of sp³-hybridized carbons (Fsp3) is 0.143. The molecule has 98 valence electrons. The first kappa shape index (κ1) is 13.5. The van der Waals surface area contributed by atoms with Crippen LogP contribution >= 0.6 is 15.9 Å². The van der Waals surface area contributed by atoms with Crippen molar-refractivity contribution in [2.24, 2.45) is 0 Å². The van der Waals surface area contributed by atoms with Crippen LogP contribution in [-0.2, 0) is 0 Å². The molecule has 0 atom stereocenters. The largest absolute Gasteiger partial charge is 0.378 e. The fourth-order valence-electron chi connectivity index (χ4n) is 1.61. The van der Waals surface area contributed by atoms with Gasteiger partial charge >= 0.3 is 0 Å². The van der Waals surface area contributed by atoms with Gasteiger partial charge in [0.05, 0.1) is 0 Å². The van der Waals surface area contributed by atoms with Gasteiger partial charge in [0.15, 0.2) is 0 Å². The first-order chi connectivity index (χ1) is 9.06. The zero-order chi connectivity index (χ0) is 13.8. The van der Waals surface area contributed by atoms with E-state index in [1.54, 1.807) is 18.3 Å².